The zero-order chi connectivity index (χ0) is 21.1. The second kappa shape index (κ2) is 8.44. The van der Waals surface area contributed by atoms with Crippen molar-refractivity contribution in [2.75, 3.05) is 30.0 Å². The summed E-state index contributed by atoms with van der Waals surface area (Å²) in [4.78, 5) is 38.2. The lowest BCUT2D eigenvalue weighted by molar-refractivity contribution is -0.125. The molecule has 2 aliphatic rings. The molecule has 0 fully saturated rings. The number of benzene rings is 2. The first-order valence-corrected chi connectivity index (χ1v) is 9.89. The molecule has 1 unspecified atom stereocenters. The third-order valence-corrected chi connectivity index (χ3v) is 5.11. The van der Waals surface area contributed by atoms with E-state index in [0.717, 1.165) is 11.3 Å². The van der Waals surface area contributed by atoms with Gasteiger partial charge in [0.05, 0.1) is 24.0 Å². The molecule has 30 heavy (non-hydrogen) atoms. The molecule has 0 aromatic heterocycles. The first-order chi connectivity index (χ1) is 14.5. The van der Waals surface area contributed by atoms with Gasteiger partial charge in [0.25, 0.3) is 5.91 Å². The van der Waals surface area contributed by atoms with Crippen LogP contribution in [-0.2, 0) is 14.4 Å². The molecule has 2 aromatic carbocycles. The van der Waals surface area contributed by atoms with Crippen LogP contribution < -0.4 is 25.0 Å². The van der Waals surface area contributed by atoms with E-state index in [4.69, 9.17) is 9.47 Å². The Labute approximate surface area is 174 Å². The lowest BCUT2D eigenvalue weighted by atomic mass is 10.1. The SMILES string of the molecule is CC(NC(=O)CCC(=O)N1CCOc2ccccc21)c1ccc2c(c1)NC(=O)CO2. The lowest BCUT2D eigenvalue weighted by Crippen LogP contribution is -2.38. The molecule has 4 rings (SSSR count). The van der Waals surface area contributed by atoms with Crippen LogP contribution in [0.4, 0.5) is 11.4 Å². The zero-order valence-corrected chi connectivity index (χ0v) is 16.6. The average Bonchev–Trinajstić information content (AvgIpc) is 2.76. The summed E-state index contributed by atoms with van der Waals surface area (Å²) in [5.74, 6) is 0.754. The number of carbonyl (C=O) groups excluding carboxylic acids is 3. The largest absolute Gasteiger partial charge is 0.490 e. The van der Waals surface area contributed by atoms with Crippen molar-refractivity contribution in [1.82, 2.24) is 5.32 Å². The summed E-state index contributed by atoms with van der Waals surface area (Å²) in [6.07, 6.45) is 0.203. The smallest absolute Gasteiger partial charge is 0.262 e. The number of hydrogen-bond acceptors (Lipinski definition) is 5. The van der Waals surface area contributed by atoms with Crippen LogP contribution in [0.2, 0.25) is 0 Å². The summed E-state index contributed by atoms with van der Waals surface area (Å²) in [5, 5.41) is 5.66. The summed E-state index contributed by atoms with van der Waals surface area (Å²) in [5.41, 5.74) is 2.16. The zero-order valence-electron chi connectivity index (χ0n) is 16.6. The molecule has 1 atom stereocenters. The highest BCUT2D eigenvalue weighted by Crippen LogP contribution is 2.32. The fourth-order valence-electron chi connectivity index (χ4n) is 3.55. The van der Waals surface area contributed by atoms with Gasteiger partial charge in [0.2, 0.25) is 11.8 Å². The maximum atomic E-state index is 12.6. The quantitative estimate of drug-likeness (QED) is 0.791. The van der Waals surface area contributed by atoms with E-state index < -0.39 is 0 Å². The fourth-order valence-corrected chi connectivity index (χ4v) is 3.55. The van der Waals surface area contributed by atoms with E-state index in [2.05, 4.69) is 10.6 Å². The van der Waals surface area contributed by atoms with Crippen molar-refractivity contribution in [2.45, 2.75) is 25.8 Å². The van der Waals surface area contributed by atoms with Gasteiger partial charge in [-0.2, -0.15) is 0 Å². The number of para-hydroxylation sites is 2. The van der Waals surface area contributed by atoms with Gasteiger partial charge in [-0.15, -0.1) is 0 Å². The molecule has 8 heteroatoms. The summed E-state index contributed by atoms with van der Waals surface area (Å²) in [6, 6.07) is 12.5. The molecule has 8 nitrogen and oxygen atoms in total. The monoisotopic (exact) mass is 409 g/mol. The van der Waals surface area contributed by atoms with Gasteiger partial charge in [-0.3, -0.25) is 14.4 Å². The van der Waals surface area contributed by atoms with E-state index in [-0.39, 0.29) is 43.2 Å². The molecule has 0 saturated heterocycles. The first kappa shape index (κ1) is 19.8. The molecule has 0 aliphatic carbocycles. The lowest BCUT2D eigenvalue weighted by Gasteiger charge is -2.29. The Morgan fingerprint density at radius 2 is 1.97 bits per heavy atom. The fraction of sp³-hybridized carbons (Fsp3) is 0.318. The molecular formula is C22H23N3O5. The summed E-state index contributed by atoms with van der Waals surface area (Å²) in [7, 11) is 0. The Hall–Kier alpha value is -3.55. The number of anilines is 2. The van der Waals surface area contributed by atoms with E-state index in [1.54, 1.807) is 17.0 Å². The topological polar surface area (TPSA) is 97.0 Å². The molecule has 0 saturated carbocycles. The number of hydrogen-bond donors (Lipinski definition) is 2. The number of nitrogens with one attached hydrogen (secondary N) is 2. The number of fused-ring (bicyclic) bond motifs is 2. The van der Waals surface area contributed by atoms with Crippen molar-refractivity contribution in [3.63, 3.8) is 0 Å². The Balaban J connectivity index is 1.32. The first-order valence-electron chi connectivity index (χ1n) is 9.89. The summed E-state index contributed by atoms with van der Waals surface area (Å²) in [6.45, 7) is 2.76. The molecule has 2 aliphatic heterocycles. The van der Waals surface area contributed by atoms with Gasteiger partial charge in [-0.25, -0.2) is 0 Å². The van der Waals surface area contributed by atoms with Crippen LogP contribution >= 0.6 is 0 Å². The van der Waals surface area contributed by atoms with Crippen LogP contribution in [0.5, 0.6) is 11.5 Å². The van der Waals surface area contributed by atoms with Gasteiger partial charge < -0.3 is 25.0 Å². The van der Waals surface area contributed by atoms with Crippen LogP contribution in [0, 0.1) is 0 Å². The highest BCUT2D eigenvalue weighted by atomic mass is 16.5. The maximum Gasteiger partial charge on any atom is 0.262 e. The Morgan fingerprint density at radius 3 is 2.83 bits per heavy atom. The minimum absolute atomic E-state index is 0.000280. The minimum atomic E-state index is -0.277. The average molecular weight is 409 g/mol. The number of rotatable bonds is 5. The number of nitrogens with zero attached hydrogens (tertiary/aromatic N) is 1. The molecule has 2 aromatic rings. The van der Waals surface area contributed by atoms with Crippen molar-refractivity contribution in [3.05, 3.63) is 48.0 Å². The van der Waals surface area contributed by atoms with Crippen LogP contribution in [0.15, 0.2) is 42.5 Å². The van der Waals surface area contributed by atoms with E-state index in [1.165, 1.54) is 0 Å². The van der Waals surface area contributed by atoms with Crippen LogP contribution in [0.1, 0.15) is 31.4 Å². The molecular weight excluding hydrogens is 386 g/mol. The maximum absolute atomic E-state index is 12.6. The van der Waals surface area contributed by atoms with E-state index in [9.17, 15) is 14.4 Å². The molecule has 2 N–H and O–H groups in total. The van der Waals surface area contributed by atoms with Gasteiger partial charge in [0, 0.05) is 12.8 Å². The third kappa shape index (κ3) is 4.22. The van der Waals surface area contributed by atoms with Crippen LogP contribution in [-0.4, -0.2) is 37.5 Å². The Bertz CT molecular complexity index is 990. The summed E-state index contributed by atoms with van der Waals surface area (Å²) >= 11 is 0. The predicted molar refractivity (Wildman–Crippen MR) is 111 cm³/mol. The van der Waals surface area contributed by atoms with Crippen molar-refractivity contribution in [1.29, 1.82) is 0 Å². The van der Waals surface area contributed by atoms with Crippen LogP contribution in [0.25, 0.3) is 0 Å². The van der Waals surface area contributed by atoms with Crippen molar-refractivity contribution < 1.29 is 23.9 Å². The normalized spacial score (nSPS) is 15.6. The second-order valence-electron chi connectivity index (χ2n) is 7.24. The second-order valence-corrected chi connectivity index (χ2v) is 7.24. The van der Waals surface area contributed by atoms with Crippen LogP contribution in [0.3, 0.4) is 0 Å². The van der Waals surface area contributed by atoms with Crippen molar-refractivity contribution in [3.8, 4) is 11.5 Å². The van der Waals surface area contributed by atoms with Gasteiger partial charge >= 0.3 is 0 Å². The van der Waals surface area contributed by atoms with E-state index in [0.29, 0.717) is 30.3 Å². The van der Waals surface area contributed by atoms with Crippen molar-refractivity contribution >= 4 is 29.1 Å². The van der Waals surface area contributed by atoms with Gasteiger partial charge in [-0.05, 0) is 36.8 Å². The Morgan fingerprint density at radius 1 is 1.13 bits per heavy atom. The van der Waals surface area contributed by atoms with Crippen molar-refractivity contribution in [2.24, 2.45) is 0 Å². The number of amides is 3. The molecule has 0 spiro atoms. The third-order valence-electron chi connectivity index (χ3n) is 5.11. The molecule has 0 radical (unpaired) electrons. The number of ether oxygens (including phenoxy) is 2. The van der Waals surface area contributed by atoms with Gasteiger partial charge in [0.15, 0.2) is 6.61 Å². The molecule has 3 amide bonds. The predicted octanol–water partition coefficient (Wildman–Crippen LogP) is 2.40. The highest BCUT2D eigenvalue weighted by Gasteiger charge is 2.24. The van der Waals surface area contributed by atoms with Gasteiger partial charge in [-0.1, -0.05) is 18.2 Å². The van der Waals surface area contributed by atoms with Gasteiger partial charge in [0.1, 0.15) is 18.1 Å². The molecule has 156 valence electrons. The van der Waals surface area contributed by atoms with E-state index >= 15 is 0 Å². The molecule has 0 bridgehead atoms. The standard InChI is InChI=1S/C22H23N3O5/c1-14(15-6-7-18-16(12-15)24-21(27)13-30-18)23-20(26)8-9-22(28)25-10-11-29-19-5-3-2-4-17(19)25/h2-7,12,14H,8-11,13H2,1H3,(H,23,26)(H,24,27). The molecule has 2 heterocycles. The summed E-state index contributed by atoms with van der Waals surface area (Å²) < 4.78 is 10.9. The number of carbonyl (C=O) groups is 3. The van der Waals surface area contributed by atoms with E-state index in [1.807, 2.05) is 37.3 Å². The minimum Gasteiger partial charge on any atom is -0.490 e. The highest BCUT2D eigenvalue weighted by molar-refractivity contribution is 5.97. The Kier molecular flexibility index (Phi) is 5.56.